The summed E-state index contributed by atoms with van der Waals surface area (Å²) in [6, 6.07) is 3.70. The Morgan fingerprint density at radius 2 is 2.07 bits per heavy atom. The lowest BCUT2D eigenvalue weighted by Crippen LogP contribution is -2.41. The smallest absolute Gasteiger partial charge is 0.270 e. The molecule has 1 aliphatic heterocycles. The van der Waals surface area contributed by atoms with Crippen molar-refractivity contribution in [2.24, 2.45) is 5.41 Å². The van der Waals surface area contributed by atoms with Gasteiger partial charge in [-0.05, 0) is 30.4 Å². The number of aromatic amines is 1. The molecule has 0 atom stereocenters. The lowest BCUT2D eigenvalue weighted by atomic mass is 9.82. The number of likely N-dealkylation sites (tertiary alicyclic amines) is 1. The summed E-state index contributed by atoms with van der Waals surface area (Å²) in [7, 11) is 0. The van der Waals surface area contributed by atoms with Gasteiger partial charge >= 0.3 is 0 Å². The van der Waals surface area contributed by atoms with Crippen molar-refractivity contribution < 1.29 is 4.79 Å². The van der Waals surface area contributed by atoms with Crippen LogP contribution in [0.25, 0.3) is 0 Å². The van der Waals surface area contributed by atoms with Gasteiger partial charge in [0.05, 0.1) is 0 Å². The maximum atomic E-state index is 12.0. The number of amides is 1. The number of piperidine rings is 1. The van der Waals surface area contributed by atoms with Crippen LogP contribution in [0.1, 0.15) is 37.2 Å². The van der Waals surface area contributed by atoms with Gasteiger partial charge in [0.2, 0.25) is 0 Å². The summed E-state index contributed by atoms with van der Waals surface area (Å²) < 4.78 is 0. The zero-order valence-corrected chi connectivity index (χ0v) is 9.42. The highest BCUT2D eigenvalue weighted by Gasteiger charge is 2.28. The van der Waals surface area contributed by atoms with Crippen molar-refractivity contribution in [3.8, 4) is 0 Å². The molecule has 0 aliphatic carbocycles. The minimum atomic E-state index is 0.135. The molecule has 1 aliphatic rings. The Morgan fingerprint density at radius 1 is 1.40 bits per heavy atom. The van der Waals surface area contributed by atoms with Gasteiger partial charge in [-0.1, -0.05) is 13.8 Å². The van der Waals surface area contributed by atoms with Gasteiger partial charge in [0.25, 0.3) is 5.91 Å². The van der Waals surface area contributed by atoms with E-state index in [0.29, 0.717) is 11.1 Å². The minimum absolute atomic E-state index is 0.135. The van der Waals surface area contributed by atoms with Crippen LogP contribution in [0.2, 0.25) is 0 Å². The molecule has 1 saturated heterocycles. The largest absolute Gasteiger partial charge is 0.357 e. The summed E-state index contributed by atoms with van der Waals surface area (Å²) in [5, 5.41) is 0. The van der Waals surface area contributed by atoms with Crippen LogP contribution in [0.15, 0.2) is 18.3 Å². The first-order chi connectivity index (χ1) is 7.08. The Kier molecular flexibility index (Phi) is 2.55. The predicted octanol–water partition coefficient (Wildman–Crippen LogP) is 2.28. The van der Waals surface area contributed by atoms with E-state index >= 15 is 0 Å². The third kappa shape index (κ3) is 2.22. The Hall–Kier alpha value is -1.25. The van der Waals surface area contributed by atoms with Gasteiger partial charge in [-0.2, -0.15) is 0 Å². The average Bonchev–Trinajstić information content (AvgIpc) is 2.69. The molecular formula is C12H18N2O. The molecule has 2 heterocycles. The van der Waals surface area contributed by atoms with E-state index in [4.69, 9.17) is 0 Å². The number of rotatable bonds is 1. The molecule has 3 heteroatoms. The Balaban J connectivity index is 2.00. The number of hydrogen-bond acceptors (Lipinski definition) is 1. The van der Waals surface area contributed by atoms with Crippen LogP contribution in [0.4, 0.5) is 0 Å². The molecule has 1 amide bonds. The minimum Gasteiger partial charge on any atom is -0.357 e. The van der Waals surface area contributed by atoms with E-state index in [1.54, 1.807) is 6.20 Å². The number of nitrogens with one attached hydrogen (secondary N) is 1. The molecule has 0 aromatic carbocycles. The van der Waals surface area contributed by atoms with Crippen LogP contribution < -0.4 is 0 Å². The summed E-state index contributed by atoms with van der Waals surface area (Å²) in [4.78, 5) is 16.9. The van der Waals surface area contributed by atoms with E-state index in [1.807, 2.05) is 17.0 Å². The van der Waals surface area contributed by atoms with Crippen LogP contribution >= 0.6 is 0 Å². The fourth-order valence-corrected chi connectivity index (χ4v) is 1.95. The Labute approximate surface area is 90.5 Å². The molecule has 0 saturated carbocycles. The molecular weight excluding hydrogens is 188 g/mol. The first-order valence-electron chi connectivity index (χ1n) is 5.51. The summed E-state index contributed by atoms with van der Waals surface area (Å²) in [6.07, 6.45) is 3.99. The maximum Gasteiger partial charge on any atom is 0.270 e. The van der Waals surface area contributed by atoms with Crippen LogP contribution in [0, 0.1) is 5.41 Å². The van der Waals surface area contributed by atoms with E-state index in [2.05, 4.69) is 18.8 Å². The molecule has 0 bridgehead atoms. The number of nitrogens with zero attached hydrogens (tertiary/aromatic N) is 1. The zero-order chi connectivity index (χ0) is 10.9. The van der Waals surface area contributed by atoms with Crippen molar-refractivity contribution in [3.05, 3.63) is 24.0 Å². The van der Waals surface area contributed by atoms with Gasteiger partial charge in [-0.25, -0.2) is 0 Å². The molecule has 0 spiro atoms. The first kappa shape index (κ1) is 10.3. The van der Waals surface area contributed by atoms with Gasteiger partial charge in [0.1, 0.15) is 5.69 Å². The standard InChI is InChI=1S/C12H18N2O/c1-12(2)5-8-14(9-6-12)11(15)10-4-3-7-13-10/h3-4,7,13H,5-6,8-9H2,1-2H3. The molecule has 3 nitrogen and oxygen atoms in total. The van der Waals surface area contributed by atoms with E-state index < -0.39 is 0 Å². The Bertz CT molecular complexity index is 331. The molecule has 0 radical (unpaired) electrons. The average molecular weight is 206 g/mol. The topological polar surface area (TPSA) is 36.1 Å². The molecule has 1 aromatic rings. The second-order valence-electron chi connectivity index (χ2n) is 5.04. The van der Waals surface area contributed by atoms with Gasteiger partial charge in [0, 0.05) is 19.3 Å². The Morgan fingerprint density at radius 3 is 2.60 bits per heavy atom. The van der Waals surface area contributed by atoms with Gasteiger partial charge in [-0.3, -0.25) is 4.79 Å². The van der Waals surface area contributed by atoms with Gasteiger partial charge < -0.3 is 9.88 Å². The van der Waals surface area contributed by atoms with Crippen molar-refractivity contribution in [1.29, 1.82) is 0 Å². The fourth-order valence-electron chi connectivity index (χ4n) is 1.95. The summed E-state index contributed by atoms with van der Waals surface area (Å²) in [5.41, 5.74) is 1.10. The van der Waals surface area contributed by atoms with E-state index in [-0.39, 0.29) is 5.91 Å². The highest BCUT2D eigenvalue weighted by Crippen LogP contribution is 2.30. The fraction of sp³-hybridized carbons (Fsp3) is 0.583. The third-order valence-corrected chi connectivity index (χ3v) is 3.23. The number of H-pyrrole nitrogens is 1. The van der Waals surface area contributed by atoms with Crippen LogP contribution in [0.3, 0.4) is 0 Å². The highest BCUT2D eigenvalue weighted by atomic mass is 16.2. The SMILES string of the molecule is CC1(C)CCN(C(=O)c2ccc[nH]2)CC1. The van der Waals surface area contributed by atoms with E-state index in [9.17, 15) is 4.79 Å². The van der Waals surface area contributed by atoms with Gasteiger partial charge in [-0.15, -0.1) is 0 Å². The highest BCUT2D eigenvalue weighted by molar-refractivity contribution is 5.92. The zero-order valence-electron chi connectivity index (χ0n) is 9.42. The van der Waals surface area contributed by atoms with Crippen molar-refractivity contribution in [2.45, 2.75) is 26.7 Å². The van der Waals surface area contributed by atoms with Crippen molar-refractivity contribution >= 4 is 5.91 Å². The van der Waals surface area contributed by atoms with Crippen LogP contribution in [0.5, 0.6) is 0 Å². The van der Waals surface area contributed by atoms with Crippen LogP contribution in [-0.4, -0.2) is 28.9 Å². The molecule has 0 unspecified atom stereocenters. The summed E-state index contributed by atoms with van der Waals surface area (Å²) >= 11 is 0. The second-order valence-corrected chi connectivity index (χ2v) is 5.04. The number of aromatic nitrogens is 1. The maximum absolute atomic E-state index is 12.0. The number of carbonyl (C=O) groups is 1. The van der Waals surface area contributed by atoms with Crippen LogP contribution in [-0.2, 0) is 0 Å². The third-order valence-electron chi connectivity index (χ3n) is 3.23. The lowest BCUT2D eigenvalue weighted by Gasteiger charge is -2.36. The van der Waals surface area contributed by atoms with Crippen molar-refractivity contribution in [3.63, 3.8) is 0 Å². The van der Waals surface area contributed by atoms with Gasteiger partial charge in [0.15, 0.2) is 0 Å². The monoisotopic (exact) mass is 206 g/mol. The molecule has 1 aromatic heterocycles. The molecule has 2 rings (SSSR count). The second kappa shape index (κ2) is 3.72. The molecule has 1 fully saturated rings. The first-order valence-corrected chi connectivity index (χ1v) is 5.51. The number of carbonyl (C=O) groups excluding carboxylic acids is 1. The summed E-state index contributed by atoms with van der Waals surface area (Å²) in [6.45, 7) is 6.29. The van der Waals surface area contributed by atoms with Crippen molar-refractivity contribution in [2.75, 3.05) is 13.1 Å². The molecule has 1 N–H and O–H groups in total. The normalized spacial score (nSPS) is 20.3. The van der Waals surface area contributed by atoms with Crippen molar-refractivity contribution in [1.82, 2.24) is 9.88 Å². The quantitative estimate of drug-likeness (QED) is 0.751. The van der Waals surface area contributed by atoms with E-state index in [1.165, 1.54) is 0 Å². The number of hydrogen-bond donors (Lipinski definition) is 1. The molecule has 82 valence electrons. The predicted molar refractivity (Wildman–Crippen MR) is 59.7 cm³/mol. The van der Waals surface area contributed by atoms with E-state index in [0.717, 1.165) is 25.9 Å². The molecule has 15 heavy (non-hydrogen) atoms. The lowest BCUT2D eigenvalue weighted by molar-refractivity contribution is 0.0625. The summed E-state index contributed by atoms with van der Waals surface area (Å²) in [5.74, 6) is 0.135.